The van der Waals surface area contributed by atoms with Gasteiger partial charge in [0.05, 0.1) is 0 Å². The zero-order chi connectivity index (χ0) is 14.5. The number of hydrogen-bond donors (Lipinski definition) is 3. The largest absolute Gasteiger partial charge is 0.355 e. The van der Waals surface area contributed by atoms with Crippen molar-refractivity contribution in [1.29, 1.82) is 5.26 Å². The Morgan fingerprint density at radius 2 is 2.00 bits per heavy atom. The number of nitrogens with one attached hydrogen (secondary N) is 2. The molecule has 0 saturated heterocycles. The Bertz CT molecular complexity index is 422. The number of hydrogen-bond acceptors (Lipinski definition) is 3. The highest BCUT2D eigenvalue weighted by Crippen LogP contribution is 1.98. The number of guanidine groups is 1. The third-order valence-corrected chi connectivity index (χ3v) is 2.86. The van der Waals surface area contributed by atoms with Gasteiger partial charge >= 0.3 is 0 Å². The van der Waals surface area contributed by atoms with Crippen LogP contribution in [0.25, 0.3) is 0 Å². The normalized spacial score (nSPS) is 10.9. The number of benzene rings is 1. The van der Waals surface area contributed by atoms with Gasteiger partial charge in [0.25, 0.3) is 0 Å². The van der Waals surface area contributed by atoms with Gasteiger partial charge in [-0.05, 0) is 31.4 Å². The summed E-state index contributed by atoms with van der Waals surface area (Å²) in [6, 6.07) is 10.2. The molecule has 0 aliphatic carbocycles. The van der Waals surface area contributed by atoms with Gasteiger partial charge in [-0.1, -0.05) is 36.8 Å². The molecule has 0 amide bonds. The van der Waals surface area contributed by atoms with Crippen LogP contribution in [0.4, 0.5) is 0 Å². The lowest BCUT2D eigenvalue weighted by Gasteiger charge is -2.08. The van der Waals surface area contributed by atoms with E-state index in [9.17, 15) is 0 Å². The van der Waals surface area contributed by atoms with Gasteiger partial charge in [0, 0.05) is 13.1 Å². The van der Waals surface area contributed by atoms with Crippen LogP contribution in [0.1, 0.15) is 24.8 Å². The van der Waals surface area contributed by atoms with Crippen LogP contribution in [0.2, 0.25) is 0 Å². The molecule has 0 bridgehead atoms. The molecule has 0 radical (unpaired) electrons. The van der Waals surface area contributed by atoms with Crippen LogP contribution in [-0.4, -0.2) is 25.6 Å². The predicted molar refractivity (Wildman–Crippen MR) is 82.1 cm³/mol. The molecule has 0 saturated carbocycles. The highest BCUT2D eigenvalue weighted by atomic mass is 15.2. The average Bonchev–Trinajstić information content (AvgIpc) is 2.48. The molecule has 1 aromatic carbocycles. The standard InChI is InChI=1S/C15H23N5/c16-10-5-2-6-11-18-15(20-13-17)19-12-9-14-7-3-1-4-8-14/h1,3-4,7-8H,2,5-6,9-12,16H2,(H2,18,19,20). The highest BCUT2D eigenvalue weighted by Gasteiger charge is 1.97. The van der Waals surface area contributed by atoms with Gasteiger partial charge in [-0.2, -0.15) is 5.26 Å². The molecule has 0 aromatic heterocycles. The molecular weight excluding hydrogens is 250 g/mol. The summed E-state index contributed by atoms with van der Waals surface area (Å²) in [6.07, 6.45) is 5.90. The third kappa shape index (κ3) is 7.39. The first-order valence-corrected chi connectivity index (χ1v) is 7.04. The van der Waals surface area contributed by atoms with Gasteiger partial charge < -0.3 is 11.1 Å². The maximum atomic E-state index is 8.70. The van der Waals surface area contributed by atoms with Crippen molar-refractivity contribution < 1.29 is 0 Å². The molecule has 0 aliphatic rings. The van der Waals surface area contributed by atoms with Crippen molar-refractivity contribution in [3.63, 3.8) is 0 Å². The minimum atomic E-state index is 0.552. The first-order chi connectivity index (χ1) is 9.86. The zero-order valence-electron chi connectivity index (χ0n) is 11.8. The second kappa shape index (κ2) is 10.8. The Labute approximate surface area is 120 Å². The molecule has 20 heavy (non-hydrogen) atoms. The van der Waals surface area contributed by atoms with E-state index >= 15 is 0 Å². The third-order valence-electron chi connectivity index (χ3n) is 2.86. The lowest BCUT2D eigenvalue weighted by molar-refractivity contribution is 0.691. The Morgan fingerprint density at radius 1 is 1.20 bits per heavy atom. The van der Waals surface area contributed by atoms with Gasteiger partial charge in [-0.15, -0.1) is 0 Å². The van der Waals surface area contributed by atoms with Crippen molar-refractivity contribution in [3.05, 3.63) is 35.9 Å². The molecule has 0 aliphatic heterocycles. The fourth-order valence-electron chi connectivity index (χ4n) is 1.79. The lowest BCUT2D eigenvalue weighted by Crippen LogP contribution is -2.36. The molecule has 0 heterocycles. The van der Waals surface area contributed by atoms with E-state index in [2.05, 4.69) is 27.8 Å². The number of nitrogens with zero attached hydrogens (tertiary/aromatic N) is 2. The topological polar surface area (TPSA) is 86.2 Å². The van der Waals surface area contributed by atoms with Crippen LogP contribution in [0.3, 0.4) is 0 Å². The maximum absolute atomic E-state index is 8.70. The van der Waals surface area contributed by atoms with E-state index in [1.807, 2.05) is 24.4 Å². The molecule has 0 unspecified atom stereocenters. The monoisotopic (exact) mass is 273 g/mol. The average molecular weight is 273 g/mol. The van der Waals surface area contributed by atoms with E-state index in [4.69, 9.17) is 11.0 Å². The molecule has 108 valence electrons. The molecule has 1 aromatic rings. The quantitative estimate of drug-likeness (QED) is 0.219. The van der Waals surface area contributed by atoms with Crippen LogP contribution in [0, 0.1) is 11.5 Å². The fraction of sp³-hybridized carbons (Fsp3) is 0.467. The summed E-state index contributed by atoms with van der Waals surface area (Å²) in [5.41, 5.74) is 6.70. The van der Waals surface area contributed by atoms with Crippen molar-refractivity contribution in [2.24, 2.45) is 10.7 Å². The molecule has 1 rings (SSSR count). The number of rotatable bonds is 8. The minimum Gasteiger partial charge on any atom is -0.355 e. The Balaban J connectivity index is 2.27. The smallest absolute Gasteiger partial charge is 0.204 e. The van der Waals surface area contributed by atoms with E-state index in [1.165, 1.54) is 5.56 Å². The van der Waals surface area contributed by atoms with Crippen molar-refractivity contribution in [3.8, 4) is 6.19 Å². The molecule has 0 spiro atoms. The molecule has 0 fully saturated rings. The first kappa shape index (κ1) is 16.0. The SMILES string of the molecule is N#CNC(=NCCCCCN)NCCc1ccccc1. The minimum absolute atomic E-state index is 0.552. The molecule has 4 N–H and O–H groups in total. The highest BCUT2D eigenvalue weighted by molar-refractivity contribution is 5.81. The molecule has 5 nitrogen and oxygen atoms in total. The second-order valence-electron chi connectivity index (χ2n) is 4.48. The van der Waals surface area contributed by atoms with Crippen LogP contribution < -0.4 is 16.4 Å². The summed E-state index contributed by atoms with van der Waals surface area (Å²) >= 11 is 0. The number of nitriles is 1. The molecule has 0 atom stereocenters. The van der Waals surface area contributed by atoms with E-state index in [0.29, 0.717) is 12.5 Å². The van der Waals surface area contributed by atoms with Crippen molar-refractivity contribution in [2.75, 3.05) is 19.6 Å². The van der Waals surface area contributed by atoms with Crippen LogP contribution >= 0.6 is 0 Å². The molecule has 5 heteroatoms. The first-order valence-electron chi connectivity index (χ1n) is 7.04. The Morgan fingerprint density at radius 3 is 2.70 bits per heavy atom. The van der Waals surface area contributed by atoms with E-state index < -0.39 is 0 Å². The van der Waals surface area contributed by atoms with Crippen LogP contribution in [0.15, 0.2) is 35.3 Å². The van der Waals surface area contributed by atoms with E-state index in [1.54, 1.807) is 0 Å². The van der Waals surface area contributed by atoms with Crippen LogP contribution in [-0.2, 0) is 6.42 Å². The summed E-state index contributed by atoms with van der Waals surface area (Å²) in [6.45, 7) is 2.19. The van der Waals surface area contributed by atoms with Gasteiger partial charge in [0.2, 0.25) is 5.96 Å². The van der Waals surface area contributed by atoms with E-state index in [-0.39, 0.29) is 0 Å². The van der Waals surface area contributed by atoms with Crippen molar-refractivity contribution in [2.45, 2.75) is 25.7 Å². The number of aliphatic imine (C=N–C) groups is 1. The molecular formula is C15H23N5. The van der Waals surface area contributed by atoms with E-state index in [0.717, 1.165) is 38.8 Å². The van der Waals surface area contributed by atoms with Crippen molar-refractivity contribution >= 4 is 5.96 Å². The zero-order valence-corrected chi connectivity index (χ0v) is 11.8. The fourth-order valence-corrected chi connectivity index (χ4v) is 1.79. The predicted octanol–water partition coefficient (Wildman–Crippen LogP) is 1.37. The number of unbranched alkanes of at least 4 members (excludes halogenated alkanes) is 2. The summed E-state index contributed by atoms with van der Waals surface area (Å²) in [5.74, 6) is 0.552. The van der Waals surface area contributed by atoms with Gasteiger partial charge in [0.1, 0.15) is 0 Å². The summed E-state index contributed by atoms with van der Waals surface area (Å²) in [7, 11) is 0. The maximum Gasteiger partial charge on any atom is 0.204 e. The van der Waals surface area contributed by atoms with Crippen molar-refractivity contribution in [1.82, 2.24) is 10.6 Å². The van der Waals surface area contributed by atoms with Crippen LogP contribution in [0.5, 0.6) is 0 Å². The van der Waals surface area contributed by atoms with Gasteiger partial charge in [0.15, 0.2) is 6.19 Å². The van der Waals surface area contributed by atoms with Gasteiger partial charge in [-0.3, -0.25) is 10.3 Å². The Hall–Kier alpha value is -2.06. The summed E-state index contributed by atoms with van der Waals surface area (Å²) in [5, 5.41) is 14.4. The Kier molecular flexibility index (Phi) is 8.66. The summed E-state index contributed by atoms with van der Waals surface area (Å²) in [4.78, 5) is 4.35. The summed E-state index contributed by atoms with van der Waals surface area (Å²) < 4.78 is 0. The lowest BCUT2D eigenvalue weighted by atomic mass is 10.1. The van der Waals surface area contributed by atoms with Gasteiger partial charge in [-0.25, -0.2) is 0 Å². The number of nitrogens with two attached hydrogens (primary N) is 1. The second-order valence-corrected chi connectivity index (χ2v) is 4.48.